The third kappa shape index (κ3) is 5.08. The number of nitrogens with one attached hydrogen (secondary N) is 2. The lowest BCUT2D eigenvalue weighted by Gasteiger charge is -2.15. The Labute approximate surface area is 142 Å². The number of amides is 1. The monoisotopic (exact) mass is 334 g/mol. The second-order valence-corrected chi connectivity index (χ2v) is 5.91. The number of carbonyl (C=O) groups excluding carboxylic acids is 1. The summed E-state index contributed by atoms with van der Waals surface area (Å²) in [6.07, 6.45) is 6.25. The summed E-state index contributed by atoms with van der Waals surface area (Å²) in [6, 6.07) is 9.93. The quantitative estimate of drug-likeness (QED) is 0.817. The molecule has 1 fully saturated rings. The third-order valence-electron chi connectivity index (χ3n) is 3.93. The zero-order chi connectivity index (χ0) is 15.4. The second-order valence-electron chi connectivity index (χ2n) is 5.91. The van der Waals surface area contributed by atoms with Crippen LogP contribution in [0.2, 0.25) is 0 Å². The van der Waals surface area contributed by atoms with Crippen molar-refractivity contribution in [2.24, 2.45) is 5.92 Å². The molecule has 1 heterocycles. The summed E-state index contributed by atoms with van der Waals surface area (Å²) in [7, 11) is 0. The van der Waals surface area contributed by atoms with E-state index < -0.39 is 0 Å². The van der Waals surface area contributed by atoms with Crippen molar-refractivity contribution in [2.45, 2.75) is 25.8 Å². The molecule has 1 unspecified atom stereocenters. The molecule has 23 heavy (non-hydrogen) atoms. The predicted octanol–water partition coefficient (Wildman–Crippen LogP) is 2.47. The van der Waals surface area contributed by atoms with Gasteiger partial charge in [-0.05, 0) is 56.0 Å². The van der Waals surface area contributed by atoms with Crippen LogP contribution in [0.5, 0.6) is 0 Å². The highest BCUT2D eigenvalue weighted by atomic mass is 35.5. The van der Waals surface area contributed by atoms with Crippen LogP contribution >= 0.6 is 12.4 Å². The van der Waals surface area contributed by atoms with Gasteiger partial charge in [-0.3, -0.25) is 4.79 Å². The Hall–Kier alpha value is -1.85. The molecule has 0 bridgehead atoms. The maximum atomic E-state index is 12.0. The topological polar surface area (TPSA) is 59.0 Å². The summed E-state index contributed by atoms with van der Waals surface area (Å²) in [5, 5.41) is 10.5. The number of hydrogen-bond donors (Lipinski definition) is 2. The number of hydrogen-bond acceptors (Lipinski definition) is 3. The van der Waals surface area contributed by atoms with Crippen LogP contribution in [-0.4, -0.2) is 28.8 Å². The van der Waals surface area contributed by atoms with E-state index in [0.717, 1.165) is 23.7 Å². The van der Waals surface area contributed by atoms with E-state index in [1.54, 1.807) is 6.20 Å². The first-order chi connectivity index (χ1) is 10.7. The Balaban J connectivity index is 0.00000192. The highest BCUT2D eigenvalue weighted by molar-refractivity contribution is 5.85. The molecule has 1 aromatic heterocycles. The van der Waals surface area contributed by atoms with Gasteiger partial charge in [0.2, 0.25) is 5.91 Å². The van der Waals surface area contributed by atoms with Gasteiger partial charge in [-0.25, -0.2) is 4.68 Å². The van der Waals surface area contributed by atoms with Gasteiger partial charge in [-0.2, -0.15) is 5.10 Å². The zero-order valence-electron chi connectivity index (χ0n) is 13.2. The van der Waals surface area contributed by atoms with Gasteiger partial charge < -0.3 is 10.6 Å². The molecule has 0 aliphatic heterocycles. The maximum absolute atomic E-state index is 12.0. The van der Waals surface area contributed by atoms with Gasteiger partial charge in [0, 0.05) is 12.4 Å². The number of aromatic nitrogens is 2. The summed E-state index contributed by atoms with van der Waals surface area (Å²) >= 11 is 0. The van der Waals surface area contributed by atoms with Gasteiger partial charge in [0.15, 0.2) is 0 Å². The summed E-state index contributed by atoms with van der Waals surface area (Å²) in [5.41, 5.74) is 2.07. The summed E-state index contributed by atoms with van der Waals surface area (Å²) in [5.74, 6) is 0.827. The van der Waals surface area contributed by atoms with Crippen LogP contribution in [-0.2, 0) is 4.79 Å². The van der Waals surface area contributed by atoms with Gasteiger partial charge in [0.25, 0.3) is 0 Å². The molecule has 124 valence electrons. The van der Waals surface area contributed by atoms with Crippen molar-refractivity contribution in [3.8, 4) is 5.69 Å². The Morgan fingerprint density at radius 3 is 2.91 bits per heavy atom. The lowest BCUT2D eigenvalue weighted by atomic mass is 10.1. The predicted molar refractivity (Wildman–Crippen MR) is 93.0 cm³/mol. The van der Waals surface area contributed by atoms with E-state index in [0.29, 0.717) is 6.54 Å². The molecule has 5 nitrogen and oxygen atoms in total. The van der Waals surface area contributed by atoms with Crippen molar-refractivity contribution in [3.05, 3.63) is 48.3 Å². The Kier molecular flexibility index (Phi) is 6.19. The summed E-state index contributed by atoms with van der Waals surface area (Å²) < 4.78 is 1.81. The highest BCUT2D eigenvalue weighted by Crippen LogP contribution is 2.27. The first kappa shape index (κ1) is 17.5. The van der Waals surface area contributed by atoms with Crippen molar-refractivity contribution in [2.75, 3.05) is 13.1 Å². The average Bonchev–Trinajstić information content (AvgIpc) is 3.17. The molecule has 3 rings (SSSR count). The van der Waals surface area contributed by atoms with Gasteiger partial charge >= 0.3 is 0 Å². The molecule has 1 aliphatic rings. The second kappa shape index (κ2) is 8.13. The smallest absolute Gasteiger partial charge is 0.234 e. The first-order valence-corrected chi connectivity index (χ1v) is 7.82. The normalized spacial score (nSPS) is 14.8. The molecular weight excluding hydrogens is 312 g/mol. The third-order valence-corrected chi connectivity index (χ3v) is 3.93. The fraction of sp³-hybridized carbons (Fsp3) is 0.412. The minimum absolute atomic E-state index is 0. The maximum Gasteiger partial charge on any atom is 0.234 e. The molecule has 0 radical (unpaired) electrons. The van der Waals surface area contributed by atoms with Crippen LogP contribution in [0.1, 0.15) is 31.4 Å². The number of halogens is 1. The van der Waals surface area contributed by atoms with Gasteiger partial charge in [-0.1, -0.05) is 12.1 Å². The molecular formula is C17H23ClN4O. The lowest BCUT2D eigenvalue weighted by molar-refractivity contribution is -0.120. The van der Waals surface area contributed by atoms with Gasteiger partial charge in [-0.15, -0.1) is 12.4 Å². The van der Waals surface area contributed by atoms with E-state index in [1.165, 1.54) is 12.8 Å². The molecule has 1 atom stereocenters. The van der Waals surface area contributed by atoms with Crippen LogP contribution in [0.25, 0.3) is 5.69 Å². The fourth-order valence-electron chi connectivity index (χ4n) is 2.45. The van der Waals surface area contributed by atoms with Crippen LogP contribution in [0.15, 0.2) is 42.7 Å². The van der Waals surface area contributed by atoms with E-state index in [1.807, 2.05) is 42.1 Å². The molecule has 2 aromatic rings. The molecule has 6 heteroatoms. The van der Waals surface area contributed by atoms with Crippen molar-refractivity contribution in [1.29, 1.82) is 0 Å². The Bertz CT molecular complexity index is 625. The largest absolute Gasteiger partial charge is 0.348 e. The van der Waals surface area contributed by atoms with Crippen molar-refractivity contribution in [1.82, 2.24) is 20.4 Å². The SMILES string of the molecule is CC(NC(=O)CNCC1CC1)c1cccc(-n2cccn2)c1.Cl. The van der Waals surface area contributed by atoms with E-state index >= 15 is 0 Å². The molecule has 0 spiro atoms. The fourth-order valence-corrected chi connectivity index (χ4v) is 2.45. The lowest BCUT2D eigenvalue weighted by Crippen LogP contribution is -2.36. The number of benzene rings is 1. The van der Waals surface area contributed by atoms with Gasteiger partial charge in [0.05, 0.1) is 18.3 Å². The Morgan fingerprint density at radius 2 is 2.22 bits per heavy atom. The molecule has 1 saturated carbocycles. The standard InChI is InChI=1S/C17H22N4O.ClH/c1-13(20-17(22)12-18-11-14-6-7-14)15-4-2-5-16(10-15)21-9-3-8-19-21;/h2-5,8-10,13-14,18H,6-7,11-12H2,1H3,(H,20,22);1H. The number of rotatable bonds is 7. The van der Waals surface area contributed by atoms with Crippen LogP contribution in [0.3, 0.4) is 0 Å². The Morgan fingerprint density at radius 1 is 1.39 bits per heavy atom. The van der Waals surface area contributed by atoms with Crippen LogP contribution in [0, 0.1) is 5.92 Å². The van der Waals surface area contributed by atoms with Crippen molar-refractivity contribution >= 4 is 18.3 Å². The number of nitrogens with zero attached hydrogens (tertiary/aromatic N) is 2. The van der Waals surface area contributed by atoms with E-state index in [-0.39, 0.29) is 24.4 Å². The molecule has 2 N–H and O–H groups in total. The molecule has 1 aromatic carbocycles. The van der Waals surface area contributed by atoms with Crippen LogP contribution < -0.4 is 10.6 Å². The summed E-state index contributed by atoms with van der Waals surface area (Å²) in [4.78, 5) is 12.0. The molecule has 0 saturated heterocycles. The van der Waals surface area contributed by atoms with Crippen molar-refractivity contribution in [3.63, 3.8) is 0 Å². The van der Waals surface area contributed by atoms with Crippen LogP contribution in [0.4, 0.5) is 0 Å². The highest BCUT2D eigenvalue weighted by Gasteiger charge is 2.20. The van der Waals surface area contributed by atoms with Crippen molar-refractivity contribution < 1.29 is 4.79 Å². The molecule has 1 amide bonds. The van der Waals surface area contributed by atoms with E-state index in [2.05, 4.69) is 21.8 Å². The minimum atomic E-state index is -0.0225. The zero-order valence-corrected chi connectivity index (χ0v) is 14.1. The van der Waals surface area contributed by atoms with E-state index in [9.17, 15) is 4.79 Å². The average molecular weight is 335 g/mol. The van der Waals surface area contributed by atoms with E-state index in [4.69, 9.17) is 0 Å². The number of carbonyl (C=O) groups is 1. The minimum Gasteiger partial charge on any atom is -0.348 e. The first-order valence-electron chi connectivity index (χ1n) is 7.82. The molecule has 1 aliphatic carbocycles. The summed E-state index contributed by atoms with van der Waals surface area (Å²) in [6.45, 7) is 3.34. The van der Waals surface area contributed by atoms with Gasteiger partial charge in [0.1, 0.15) is 0 Å².